The molecule has 3 N–H and O–H groups in total. The van der Waals surface area contributed by atoms with E-state index >= 15 is 0 Å². The number of rotatable bonds is 9. The van der Waals surface area contributed by atoms with Gasteiger partial charge < -0.3 is 29.4 Å². The quantitative estimate of drug-likeness (QED) is 0.260. The number of aliphatic hydroxyl groups excluding tert-OH is 2. The van der Waals surface area contributed by atoms with Crippen molar-refractivity contribution in [3.63, 3.8) is 0 Å². The van der Waals surface area contributed by atoms with Gasteiger partial charge in [0.2, 0.25) is 0 Å². The van der Waals surface area contributed by atoms with Gasteiger partial charge in [0.05, 0.1) is 41.9 Å². The molecular weight excluding hydrogens is 492 g/mol. The number of carbonyl (C=O) groups is 1. The molecule has 8 nitrogen and oxygen atoms in total. The Balaban J connectivity index is 1.40. The highest BCUT2D eigenvalue weighted by atomic mass is 35.5. The smallest absolute Gasteiger partial charge is 0.272 e. The van der Waals surface area contributed by atoms with Crippen LogP contribution in [0.1, 0.15) is 22.4 Å². The number of anilines is 1. The Hall–Kier alpha value is -3.85. The minimum Gasteiger partial charge on any atom is -0.490 e. The summed E-state index contributed by atoms with van der Waals surface area (Å²) in [4.78, 5) is 18.0. The van der Waals surface area contributed by atoms with Crippen molar-refractivity contribution in [1.82, 2.24) is 14.1 Å². The van der Waals surface area contributed by atoms with Gasteiger partial charge in [-0.05, 0) is 49.4 Å². The average molecular weight is 519 g/mol. The summed E-state index contributed by atoms with van der Waals surface area (Å²) < 4.78 is 9.62. The van der Waals surface area contributed by atoms with Gasteiger partial charge in [-0.2, -0.15) is 0 Å². The van der Waals surface area contributed by atoms with Gasteiger partial charge in [0.15, 0.2) is 0 Å². The minimum atomic E-state index is -0.478. The second-order valence-electron chi connectivity index (χ2n) is 8.72. The summed E-state index contributed by atoms with van der Waals surface area (Å²) in [5.74, 6) is 1.01. The zero-order valence-electron chi connectivity index (χ0n) is 20.3. The molecule has 0 unspecified atom stereocenters. The summed E-state index contributed by atoms with van der Waals surface area (Å²) in [6.07, 6.45) is 0. The molecule has 0 aliphatic heterocycles. The molecule has 0 bridgehead atoms. The molecule has 0 spiro atoms. The summed E-state index contributed by atoms with van der Waals surface area (Å²) in [6.45, 7) is 2.20. The van der Waals surface area contributed by atoms with E-state index in [9.17, 15) is 15.0 Å². The Morgan fingerprint density at radius 1 is 1.03 bits per heavy atom. The Kier molecular flexibility index (Phi) is 7.14. The maximum atomic E-state index is 13.4. The van der Waals surface area contributed by atoms with Gasteiger partial charge in [-0.15, -0.1) is 0 Å². The van der Waals surface area contributed by atoms with E-state index in [-0.39, 0.29) is 19.1 Å². The van der Waals surface area contributed by atoms with E-state index in [0.717, 1.165) is 16.4 Å². The summed E-state index contributed by atoms with van der Waals surface area (Å²) in [5.41, 5.74) is 3.46. The molecular formula is C28H27ClN4O4. The Bertz CT molecular complexity index is 1570. The predicted molar refractivity (Wildman–Crippen MR) is 145 cm³/mol. The standard InChI is InChI=1S/C28H27ClN4O4/c1-18-30-23-15-20(10-11-25(23)33(18)21(16-34)17-35)31-28(36)26-14-19-6-2-4-8-24(19)32(26)12-13-37-27-9-5-3-7-22(27)29/h2-11,14-15,21,34-35H,12-13,16-17H2,1H3,(H,31,36). The van der Waals surface area contributed by atoms with Crippen LogP contribution in [0.3, 0.4) is 0 Å². The highest BCUT2D eigenvalue weighted by Crippen LogP contribution is 2.26. The fourth-order valence-corrected chi connectivity index (χ4v) is 4.81. The van der Waals surface area contributed by atoms with Crippen LogP contribution in [-0.4, -0.2) is 50.1 Å². The molecule has 0 fully saturated rings. The highest BCUT2D eigenvalue weighted by molar-refractivity contribution is 6.32. The van der Waals surface area contributed by atoms with Crippen molar-refractivity contribution in [3.8, 4) is 5.75 Å². The molecule has 0 aliphatic rings. The maximum Gasteiger partial charge on any atom is 0.272 e. The van der Waals surface area contributed by atoms with Gasteiger partial charge in [0, 0.05) is 16.6 Å². The fraction of sp³-hybridized carbons (Fsp3) is 0.214. The third kappa shape index (κ3) is 4.91. The summed E-state index contributed by atoms with van der Waals surface area (Å²) in [6, 6.07) is 21.9. The lowest BCUT2D eigenvalue weighted by atomic mass is 10.2. The third-order valence-electron chi connectivity index (χ3n) is 6.36. The normalized spacial score (nSPS) is 11.5. The van der Waals surface area contributed by atoms with E-state index < -0.39 is 6.04 Å². The van der Waals surface area contributed by atoms with Crippen LogP contribution in [0.25, 0.3) is 21.9 Å². The van der Waals surface area contributed by atoms with Crippen molar-refractivity contribution in [2.45, 2.75) is 19.5 Å². The summed E-state index contributed by atoms with van der Waals surface area (Å²) >= 11 is 6.21. The van der Waals surface area contributed by atoms with Crippen molar-refractivity contribution in [2.75, 3.05) is 25.1 Å². The number of benzene rings is 3. The first-order valence-corrected chi connectivity index (χ1v) is 12.3. The van der Waals surface area contributed by atoms with Crippen LogP contribution in [-0.2, 0) is 6.54 Å². The van der Waals surface area contributed by atoms with Crippen molar-refractivity contribution in [3.05, 3.63) is 89.3 Å². The third-order valence-corrected chi connectivity index (χ3v) is 6.67. The van der Waals surface area contributed by atoms with Gasteiger partial charge in [-0.1, -0.05) is 41.9 Å². The SMILES string of the molecule is Cc1nc2cc(NC(=O)c3cc4ccccc4n3CCOc3ccccc3Cl)ccc2n1C(CO)CO. The molecule has 0 saturated heterocycles. The molecule has 2 heterocycles. The number of hydrogen-bond acceptors (Lipinski definition) is 5. The lowest BCUT2D eigenvalue weighted by Crippen LogP contribution is -2.19. The van der Waals surface area contributed by atoms with Gasteiger partial charge in [0.25, 0.3) is 5.91 Å². The number of nitrogens with one attached hydrogen (secondary N) is 1. The molecule has 0 radical (unpaired) electrons. The molecule has 5 aromatic rings. The van der Waals surface area contributed by atoms with Crippen molar-refractivity contribution < 1.29 is 19.7 Å². The average Bonchev–Trinajstić information content (AvgIpc) is 3.43. The van der Waals surface area contributed by atoms with E-state index in [2.05, 4.69) is 10.3 Å². The van der Waals surface area contributed by atoms with Crippen LogP contribution in [0.2, 0.25) is 5.02 Å². The Morgan fingerprint density at radius 2 is 1.78 bits per heavy atom. The highest BCUT2D eigenvalue weighted by Gasteiger charge is 2.19. The lowest BCUT2D eigenvalue weighted by molar-refractivity contribution is 0.101. The van der Waals surface area contributed by atoms with Gasteiger partial charge in [0.1, 0.15) is 23.9 Å². The molecule has 5 rings (SSSR count). The number of aliphatic hydroxyl groups is 2. The lowest BCUT2D eigenvalue weighted by Gasteiger charge is -2.16. The summed E-state index contributed by atoms with van der Waals surface area (Å²) in [7, 11) is 0. The van der Waals surface area contributed by atoms with E-state index in [1.54, 1.807) is 22.8 Å². The van der Waals surface area contributed by atoms with E-state index in [4.69, 9.17) is 16.3 Å². The molecule has 0 atom stereocenters. The van der Waals surface area contributed by atoms with Gasteiger partial charge >= 0.3 is 0 Å². The van der Waals surface area contributed by atoms with E-state index in [1.807, 2.05) is 66.1 Å². The first-order chi connectivity index (χ1) is 18.0. The maximum absolute atomic E-state index is 13.4. The van der Waals surface area contributed by atoms with Crippen LogP contribution in [0.15, 0.2) is 72.8 Å². The number of imidazole rings is 1. The molecule has 190 valence electrons. The molecule has 37 heavy (non-hydrogen) atoms. The van der Waals surface area contributed by atoms with Crippen LogP contribution < -0.4 is 10.1 Å². The molecule has 2 aromatic heterocycles. The van der Waals surface area contributed by atoms with Gasteiger partial charge in [-0.25, -0.2) is 4.98 Å². The van der Waals surface area contributed by atoms with Crippen LogP contribution in [0.5, 0.6) is 5.75 Å². The molecule has 3 aromatic carbocycles. The topological polar surface area (TPSA) is 102 Å². The van der Waals surface area contributed by atoms with E-state index in [1.165, 1.54) is 0 Å². The number of amides is 1. The monoisotopic (exact) mass is 518 g/mol. The Morgan fingerprint density at radius 3 is 2.57 bits per heavy atom. The van der Waals surface area contributed by atoms with E-state index in [0.29, 0.717) is 46.6 Å². The van der Waals surface area contributed by atoms with Crippen LogP contribution >= 0.6 is 11.6 Å². The van der Waals surface area contributed by atoms with Crippen molar-refractivity contribution in [1.29, 1.82) is 0 Å². The number of ether oxygens (including phenoxy) is 1. The zero-order valence-corrected chi connectivity index (χ0v) is 21.0. The number of nitrogens with zero attached hydrogens (tertiary/aromatic N) is 3. The fourth-order valence-electron chi connectivity index (χ4n) is 4.62. The number of aryl methyl sites for hydroxylation is 1. The Labute approximate surface area is 218 Å². The number of halogens is 1. The summed E-state index contributed by atoms with van der Waals surface area (Å²) in [5, 5.41) is 23.7. The van der Waals surface area contributed by atoms with Crippen molar-refractivity contribution in [2.24, 2.45) is 0 Å². The molecule has 1 amide bonds. The number of aromatic nitrogens is 3. The van der Waals surface area contributed by atoms with Crippen molar-refractivity contribution >= 4 is 45.1 Å². The number of hydrogen-bond donors (Lipinski definition) is 3. The molecule has 0 aliphatic carbocycles. The first-order valence-electron chi connectivity index (χ1n) is 12.0. The van der Waals surface area contributed by atoms with Gasteiger partial charge in [-0.3, -0.25) is 4.79 Å². The number of carbonyl (C=O) groups excluding carboxylic acids is 1. The minimum absolute atomic E-state index is 0.202. The zero-order chi connectivity index (χ0) is 25.9. The number of fused-ring (bicyclic) bond motifs is 2. The van der Waals surface area contributed by atoms with Crippen LogP contribution in [0.4, 0.5) is 5.69 Å². The number of para-hydroxylation sites is 2. The largest absolute Gasteiger partial charge is 0.490 e. The second kappa shape index (κ2) is 10.6. The second-order valence-corrected chi connectivity index (χ2v) is 9.13. The predicted octanol–water partition coefficient (Wildman–Crippen LogP) is 4.81. The molecule has 0 saturated carbocycles. The molecule has 9 heteroatoms. The van der Waals surface area contributed by atoms with Crippen LogP contribution in [0, 0.1) is 6.92 Å². The first kappa shape index (κ1) is 24.8.